The number of rotatable bonds is 2. The van der Waals surface area contributed by atoms with Gasteiger partial charge >= 0.3 is 0 Å². The highest BCUT2D eigenvalue weighted by atomic mass is 16.1. The summed E-state index contributed by atoms with van der Waals surface area (Å²) in [4.78, 5) is 14.0. The third-order valence-corrected chi connectivity index (χ3v) is 4.23. The zero-order valence-corrected chi connectivity index (χ0v) is 9.93. The monoisotopic (exact) mass is 230 g/mol. The zero-order valence-electron chi connectivity index (χ0n) is 9.93. The summed E-state index contributed by atoms with van der Waals surface area (Å²) < 4.78 is 0. The molecule has 1 atom stereocenters. The molecule has 0 spiro atoms. The van der Waals surface area contributed by atoms with E-state index in [2.05, 4.69) is 11.0 Å². The van der Waals surface area contributed by atoms with E-state index in [0.29, 0.717) is 11.6 Å². The molecule has 90 valence electrons. The molecule has 2 N–H and O–H groups in total. The van der Waals surface area contributed by atoms with Gasteiger partial charge in [0.1, 0.15) is 0 Å². The van der Waals surface area contributed by atoms with E-state index in [1.54, 1.807) is 0 Å². The summed E-state index contributed by atoms with van der Waals surface area (Å²) in [6, 6.07) is 8.21. The molecule has 1 amide bonds. The Morgan fingerprint density at radius 1 is 1.24 bits per heavy atom. The van der Waals surface area contributed by atoms with Gasteiger partial charge in [-0.15, -0.1) is 0 Å². The number of primary amides is 1. The maximum Gasteiger partial charge on any atom is 0.249 e. The lowest BCUT2D eigenvalue weighted by molar-refractivity contribution is 0.0484. The topological polar surface area (TPSA) is 46.3 Å². The predicted molar refractivity (Wildman–Crippen MR) is 66.6 cm³/mol. The molecule has 1 aromatic carbocycles. The molecule has 3 aliphatic rings. The first-order chi connectivity index (χ1) is 8.25. The van der Waals surface area contributed by atoms with Crippen LogP contribution in [0.5, 0.6) is 0 Å². The summed E-state index contributed by atoms with van der Waals surface area (Å²) in [5.41, 5.74) is 7.29. The fourth-order valence-corrected chi connectivity index (χ4v) is 3.30. The number of hydrogen-bond acceptors (Lipinski definition) is 2. The van der Waals surface area contributed by atoms with Gasteiger partial charge in [0.2, 0.25) is 5.91 Å². The van der Waals surface area contributed by atoms with Gasteiger partial charge in [-0.2, -0.15) is 0 Å². The van der Waals surface area contributed by atoms with Gasteiger partial charge in [-0.1, -0.05) is 18.2 Å². The van der Waals surface area contributed by atoms with Gasteiger partial charge in [0, 0.05) is 11.6 Å². The second-order valence-corrected chi connectivity index (χ2v) is 5.18. The quantitative estimate of drug-likeness (QED) is 0.844. The Hall–Kier alpha value is -1.35. The van der Waals surface area contributed by atoms with E-state index in [1.165, 1.54) is 32.4 Å². The second kappa shape index (κ2) is 4.15. The zero-order chi connectivity index (χ0) is 11.8. The fraction of sp³-hybridized carbons (Fsp3) is 0.500. The van der Waals surface area contributed by atoms with Crippen molar-refractivity contribution in [3.05, 3.63) is 35.4 Å². The van der Waals surface area contributed by atoms with Crippen molar-refractivity contribution < 1.29 is 4.79 Å². The summed E-state index contributed by atoms with van der Waals surface area (Å²) in [6.45, 7) is 2.34. The average molecular weight is 230 g/mol. The molecular weight excluding hydrogens is 212 g/mol. The predicted octanol–water partition coefficient (Wildman–Crippen LogP) is 1.94. The molecular formula is C14H18N2O. The van der Waals surface area contributed by atoms with Crippen molar-refractivity contribution >= 4 is 5.91 Å². The van der Waals surface area contributed by atoms with Crippen LogP contribution in [0.4, 0.5) is 0 Å². The largest absolute Gasteiger partial charge is 0.366 e. The molecule has 0 aliphatic carbocycles. The van der Waals surface area contributed by atoms with E-state index in [-0.39, 0.29) is 5.91 Å². The Labute approximate surface area is 102 Å². The van der Waals surface area contributed by atoms with E-state index < -0.39 is 0 Å². The molecule has 3 fully saturated rings. The van der Waals surface area contributed by atoms with Crippen LogP contribution in [0.3, 0.4) is 0 Å². The SMILES string of the molecule is NC(=O)c1ccccc1C1CC2CCN1CC2. The number of carbonyl (C=O) groups is 1. The maximum absolute atomic E-state index is 11.5. The van der Waals surface area contributed by atoms with Crippen molar-refractivity contribution in [1.29, 1.82) is 0 Å². The number of nitrogens with two attached hydrogens (primary N) is 1. The first-order valence-electron chi connectivity index (χ1n) is 6.38. The minimum atomic E-state index is -0.303. The van der Waals surface area contributed by atoms with Crippen LogP contribution in [0.15, 0.2) is 24.3 Å². The normalized spacial score (nSPS) is 31.4. The van der Waals surface area contributed by atoms with Crippen LogP contribution in [-0.2, 0) is 0 Å². The van der Waals surface area contributed by atoms with Gasteiger partial charge in [0.25, 0.3) is 0 Å². The number of fused-ring (bicyclic) bond motifs is 3. The van der Waals surface area contributed by atoms with E-state index >= 15 is 0 Å². The highest BCUT2D eigenvalue weighted by Crippen LogP contribution is 2.41. The smallest absolute Gasteiger partial charge is 0.249 e. The number of amides is 1. The van der Waals surface area contributed by atoms with E-state index in [4.69, 9.17) is 5.73 Å². The highest BCUT2D eigenvalue weighted by Gasteiger charge is 2.35. The minimum absolute atomic E-state index is 0.303. The van der Waals surface area contributed by atoms with Crippen molar-refractivity contribution in [2.75, 3.05) is 13.1 Å². The number of nitrogens with zero attached hydrogens (tertiary/aromatic N) is 1. The number of benzene rings is 1. The Balaban J connectivity index is 1.96. The number of piperidine rings is 3. The number of hydrogen-bond donors (Lipinski definition) is 1. The lowest BCUT2D eigenvalue weighted by Crippen LogP contribution is -2.44. The Morgan fingerprint density at radius 2 is 1.94 bits per heavy atom. The summed E-state index contributed by atoms with van der Waals surface area (Å²) in [6.07, 6.45) is 3.81. The molecule has 1 unspecified atom stereocenters. The lowest BCUT2D eigenvalue weighted by Gasteiger charge is -2.46. The Bertz CT molecular complexity index is 436. The van der Waals surface area contributed by atoms with Gasteiger partial charge < -0.3 is 5.73 Å². The van der Waals surface area contributed by atoms with Crippen molar-refractivity contribution in [1.82, 2.24) is 4.90 Å². The molecule has 0 aromatic heterocycles. The van der Waals surface area contributed by atoms with E-state index in [1.807, 2.05) is 18.2 Å². The van der Waals surface area contributed by atoms with Gasteiger partial charge in [0.05, 0.1) is 0 Å². The summed E-state index contributed by atoms with van der Waals surface area (Å²) >= 11 is 0. The Morgan fingerprint density at radius 3 is 2.53 bits per heavy atom. The van der Waals surface area contributed by atoms with Gasteiger partial charge in [-0.3, -0.25) is 9.69 Å². The summed E-state index contributed by atoms with van der Waals surface area (Å²) in [7, 11) is 0. The van der Waals surface area contributed by atoms with Crippen molar-refractivity contribution in [2.45, 2.75) is 25.3 Å². The number of carbonyl (C=O) groups excluding carboxylic acids is 1. The van der Waals surface area contributed by atoms with Gasteiger partial charge in [0.15, 0.2) is 0 Å². The molecule has 0 radical (unpaired) electrons. The molecule has 4 rings (SSSR count). The molecule has 3 saturated heterocycles. The van der Waals surface area contributed by atoms with Crippen LogP contribution < -0.4 is 5.73 Å². The van der Waals surface area contributed by atoms with Crippen molar-refractivity contribution in [3.63, 3.8) is 0 Å². The van der Waals surface area contributed by atoms with Crippen LogP contribution in [-0.4, -0.2) is 23.9 Å². The van der Waals surface area contributed by atoms with Crippen molar-refractivity contribution in [2.24, 2.45) is 11.7 Å². The Kier molecular flexibility index (Phi) is 2.63. The van der Waals surface area contributed by atoms with Crippen LogP contribution in [0.2, 0.25) is 0 Å². The molecule has 0 saturated carbocycles. The van der Waals surface area contributed by atoms with Crippen LogP contribution in [0, 0.1) is 5.92 Å². The summed E-state index contributed by atoms with van der Waals surface area (Å²) in [5.74, 6) is 0.536. The van der Waals surface area contributed by atoms with Gasteiger partial charge in [-0.05, 0) is 49.9 Å². The molecule has 1 aromatic rings. The molecule has 2 bridgehead atoms. The van der Waals surface area contributed by atoms with E-state index in [9.17, 15) is 4.79 Å². The third kappa shape index (κ3) is 1.84. The van der Waals surface area contributed by atoms with E-state index in [0.717, 1.165) is 11.5 Å². The minimum Gasteiger partial charge on any atom is -0.366 e. The highest BCUT2D eigenvalue weighted by molar-refractivity contribution is 5.94. The maximum atomic E-state index is 11.5. The molecule has 17 heavy (non-hydrogen) atoms. The van der Waals surface area contributed by atoms with Crippen LogP contribution in [0.1, 0.15) is 41.2 Å². The molecule has 3 nitrogen and oxygen atoms in total. The van der Waals surface area contributed by atoms with Crippen LogP contribution >= 0.6 is 0 Å². The average Bonchev–Trinajstić information content (AvgIpc) is 2.40. The second-order valence-electron chi connectivity index (χ2n) is 5.18. The lowest BCUT2D eigenvalue weighted by atomic mass is 9.79. The summed E-state index contributed by atoms with van der Waals surface area (Å²) in [5, 5.41) is 0. The van der Waals surface area contributed by atoms with Gasteiger partial charge in [-0.25, -0.2) is 0 Å². The molecule has 3 heterocycles. The third-order valence-electron chi connectivity index (χ3n) is 4.23. The first kappa shape index (κ1) is 10.8. The fourth-order valence-electron chi connectivity index (χ4n) is 3.30. The van der Waals surface area contributed by atoms with Crippen LogP contribution in [0.25, 0.3) is 0 Å². The standard InChI is InChI=1S/C14H18N2O/c15-14(17)12-4-2-1-3-11(12)13-9-10-5-7-16(13)8-6-10/h1-4,10,13H,5-9H2,(H2,15,17). The van der Waals surface area contributed by atoms with Crippen molar-refractivity contribution in [3.8, 4) is 0 Å². The molecule has 3 heteroatoms. The molecule has 3 aliphatic heterocycles. The first-order valence-corrected chi connectivity index (χ1v) is 6.38.